The van der Waals surface area contributed by atoms with Crippen LogP contribution in [0.4, 0.5) is 10.5 Å². The van der Waals surface area contributed by atoms with E-state index in [1.165, 1.54) is 29.8 Å². The van der Waals surface area contributed by atoms with Gasteiger partial charge in [0.2, 0.25) is 0 Å². The molecule has 1 fully saturated rings. The van der Waals surface area contributed by atoms with Crippen molar-refractivity contribution in [2.75, 3.05) is 13.2 Å². The number of nitro groups is 1. The number of ether oxygens (including phenoxy) is 2. The smallest absolute Gasteiger partial charge is 0.293 e. The molecular weight excluding hydrogens is 504 g/mol. The normalized spacial score (nSPS) is 14.7. The fourth-order valence-corrected chi connectivity index (χ4v) is 4.61. The maximum absolute atomic E-state index is 13.0. The summed E-state index contributed by atoms with van der Waals surface area (Å²) in [6.45, 7) is 7.16. The van der Waals surface area contributed by atoms with Gasteiger partial charge in [-0.05, 0) is 52.6 Å². The van der Waals surface area contributed by atoms with Gasteiger partial charge in [0.05, 0.1) is 16.4 Å². The highest BCUT2D eigenvalue weighted by atomic mass is 32.2. The zero-order chi connectivity index (χ0) is 27.3. The monoisotopic (exact) mass is 532 g/mol. The zero-order valence-corrected chi connectivity index (χ0v) is 22.2. The average Bonchev–Trinajstić information content (AvgIpc) is 3.15. The predicted molar refractivity (Wildman–Crippen MR) is 147 cm³/mol. The summed E-state index contributed by atoms with van der Waals surface area (Å²) in [5, 5.41) is 10.5. The molecule has 2 amide bonds. The SMILES string of the molecule is CC(C)(C)c1ccc(OCCOc2ccccc2/C=C2\SC(=O)N(Cc3ccc([N+](=O)[O-])cc3)C2=O)cc1. The second-order valence-electron chi connectivity index (χ2n) is 9.70. The Hall–Kier alpha value is -4.11. The summed E-state index contributed by atoms with van der Waals surface area (Å²) < 4.78 is 11.7. The van der Waals surface area contributed by atoms with Crippen LogP contribution in [-0.4, -0.2) is 34.2 Å². The summed E-state index contributed by atoms with van der Waals surface area (Å²) >= 11 is 0.851. The van der Waals surface area contributed by atoms with Gasteiger partial charge in [0.1, 0.15) is 24.7 Å². The van der Waals surface area contributed by atoms with E-state index < -0.39 is 16.1 Å². The number of benzene rings is 3. The van der Waals surface area contributed by atoms with Gasteiger partial charge in [-0.3, -0.25) is 24.6 Å². The van der Waals surface area contributed by atoms with Gasteiger partial charge in [-0.25, -0.2) is 0 Å². The molecule has 3 aromatic rings. The van der Waals surface area contributed by atoms with Crippen LogP contribution in [0.25, 0.3) is 6.08 Å². The number of rotatable bonds is 9. The Labute approximate surface area is 225 Å². The molecule has 8 nitrogen and oxygen atoms in total. The van der Waals surface area contributed by atoms with E-state index in [9.17, 15) is 19.7 Å². The summed E-state index contributed by atoms with van der Waals surface area (Å²) in [6, 6.07) is 21.0. The molecular formula is C29H28N2O6S. The van der Waals surface area contributed by atoms with Crippen LogP contribution in [-0.2, 0) is 16.8 Å². The molecule has 0 unspecified atom stereocenters. The molecule has 0 atom stereocenters. The predicted octanol–water partition coefficient (Wildman–Crippen LogP) is 6.59. The van der Waals surface area contributed by atoms with Gasteiger partial charge < -0.3 is 9.47 Å². The Morgan fingerprint density at radius 3 is 2.24 bits per heavy atom. The van der Waals surface area contributed by atoms with Crippen molar-refractivity contribution in [3.8, 4) is 11.5 Å². The molecule has 0 aliphatic carbocycles. The van der Waals surface area contributed by atoms with E-state index in [1.807, 2.05) is 30.3 Å². The molecule has 1 saturated heterocycles. The lowest BCUT2D eigenvalue weighted by atomic mass is 9.87. The minimum Gasteiger partial charge on any atom is -0.490 e. The van der Waals surface area contributed by atoms with E-state index in [-0.39, 0.29) is 22.6 Å². The van der Waals surface area contributed by atoms with Gasteiger partial charge in [-0.15, -0.1) is 0 Å². The largest absolute Gasteiger partial charge is 0.490 e. The number of amides is 2. The van der Waals surface area contributed by atoms with E-state index >= 15 is 0 Å². The number of hydrogen-bond acceptors (Lipinski definition) is 7. The van der Waals surface area contributed by atoms with Crippen molar-refractivity contribution in [1.29, 1.82) is 0 Å². The third-order valence-corrected chi connectivity index (χ3v) is 6.80. The van der Waals surface area contributed by atoms with E-state index in [2.05, 4.69) is 32.9 Å². The van der Waals surface area contributed by atoms with E-state index in [1.54, 1.807) is 12.1 Å². The molecule has 0 aromatic heterocycles. The van der Waals surface area contributed by atoms with Crippen molar-refractivity contribution >= 4 is 34.7 Å². The van der Waals surface area contributed by atoms with Crippen LogP contribution in [0.2, 0.25) is 0 Å². The number of nitrogens with zero attached hydrogens (tertiary/aromatic N) is 2. The molecule has 0 saturated carbocycles. The summed E-state index contributed by atoms with van der Waals surface area (Å²) in [4.78, 5) is 37.3. The number of nitro benzene ring substituents is 1. The Balaban J connectivity index is 1.37. The van der Waals surface area contributed by atoms with Crippen molar-refractivity contribution in [3.05, 3.63) is 105 Å². The second-order valence-corrected chi connectivity index (χ2v) is 10.7. The minimum absolute atomic E-state index is 0.0339. The molecule has 196 valence electrons. The number of carbonyl (C=O) groups is 2. The summed E-state index contributed by atoms with van der Waals surface area (Å²) in [5.74, 6) is 0.910. The van der Waals surface area contributed by atoms with Crippen LogP contribution in [0.5, 0.6) is 11.5 Å². The first-order valence-electron chi connectivity index (χ1n) is 12.1. The Kier molecular flexibility index (Phi) is 8.16. The quantitative estimate of drug-likeness (QED) is 0.133. The van der Waals surface area contributed by atoms with Crippen molar-refractivity contribution in [3.63, 3.8) is 0 Å². The fraction of sp³-hybridized carbons (Fsp3) is 0.241. The van der Waals surface area contributed by atoms with Crippen molar-refractivity contribution < 1.29 is 24.0 Å². The summed E-state index contributed by atoms with van der Waals surface area (Å²) in [6.07, 6.45) is 1.64. The molecule has 3 aromatic carbocycles. The molecule has 1 aliphatic heterocycles. The van der Waals surface area contributed by atoms with Gasteiger partial charge in [0, 0.05) is 17.7 Å². The zero-order valence-electron chi connectivity index (χ0n) is 21.4. The standard InChI is InChI=1S/C29H28N2O6S/c1-29(2,3)22-10-14-24(15-11-22)36-16-17-37-25-7-5-4-6-21(25)18-26-27(32)30(28(33)38-26)19-20-8-12-23(13-9-20)31(34)35/h4-15,18H,16-17,19H2,1-3H3/b26-18-. The average molecular weight is 533 g/mol. The van der Waals surface area contributed by atoms with Gasteiger partial charge in [0.15, 0.2) is 0 Å². The van der Waals surface area contributed by atoms with Crippen molar-refractivity contribution in [2.45, 2.75) is 32.7 Å². The molecule has 0 spiro atoms. The maximum Gasteiger partial charge on any atom is 0.293 e. The Bertz CT molecular complexity index is 1360. The first kappa shape index (κ1) is 26.9. The number of non-ortho nitro benzene ring substituents is 1. The van der Waals surface area contributed by atoms with Gasteiger partial charge >= 0.3 is 0 Å². The molecule has 9 heteroatoms. The highest BCUT2D eigenvalue weighted by Gasteiger charge is 2.35. The molecule has 1 heterocycles. The van der Waals surface area contributed by atoms with E-state index in [0.717, 1.165) is 22.4 Å². The highest BCUT2D eigenvalue weighted by Crippen LogP contribution is 2.35. The topological polar surface area (TPSA) is 99.0 Å². The minimum atomic E-state index is -0.498. The van der Waals surface area contributed by atoms with Crippen LogP contribution in [0.3, 0.4) is 0 Å². The molecule has 4 rings (SSSR count). The molecule has 1 aliphatic rings. The highest BCUT2D eigenvalue weighted by molar-refractivity contribution is 8.18. The summed E-state index contributed by atoms with van der Waals surface area (Å²) in [5.41, 5.74) is 2.54. The van der Waals surface area contributed by atoms with Gasteiger partial charge in [-0.2, -0.15) is 0 Å². The molecule has 38 heavy (non-hydrogen) atoms. The number of imide groups is 1. The second kappa shape index (κ2) is 11.5. The van der Waals surface area contributed by atoms with Crippen LogP contribution in [0.1, 0.15) is 37.5 Å². The number of carbonyl (C=O) groups excluding carboxylic acids is 2. The molecule has 0 N–H and O–H groups in total. The molecule has 0 radical (unpaired) electrons. The van der Waals surface area contributed by atoms with Crippen molar-refractivity contribution in [2.24, 2.45) is 0 Å². The maximum atomic E-state index is 13.0. The van der Waals surface area contributed by atoms with Gasteiger partial charge in [-0.1, -0.05) is 63.2 Å². The first-order valence-corrected chi connectivity index (χ1v) is 12.9. The lowest BCUT2D eigenvalue weighted by Crippen LogP contribution is -2.27. The number of thioether (sulfide) groups is 1. The van der Waals surface area contributed by atoms with Crippen LogP contribution in [0, 0.1) is 10.1 Å². The third-order valence-electron chi connectivity index (χ3n) is 5.90. The first-order chi connectivity index (χ1) is 18.1. The van der Waals surface area contributed by atoms with E-state index in [0.29, 0.717) is 30.1 Å². The molecule has 0 bridgehead atoms. The lowest BCUT2D eigenvalue weighted by Gasteiger charge is -2.19. The van der Waals surface area contributed by atoms with Crippen LogP contribution < -0.4 is 9.47 Å². The number of para-hydroxylation sites is 1. The van der Waals surface area contributed by atoms with Crippen LogP contribution in [0.15, 0.2) is 77.7 Å². The van der Waals surface area contributed by atoms with Gasteiger partial charge in [0.25, 0.3) is 16.8 Å². The Morgan fingerprint density at radius 1 is 0.921 bits per heavy atom. The van der Waals surface area contributed by atoms with E-state index in [4.69, 9.17) is 9.47 Å². The Morgan fingerprint density at radius 2 is 1.58 bits per heavy atom. The lowest BCUT2D eigenvalue weighted by molar-refractivity contribution is -0.384. The van der Waals surface area contributed by atoms with Crippen LogP contribution >= 0.6 is 11.8 Å². The van der Waals surface area contributed by atoms with Crippen molar-refractivity contribution in [1.82, 2.24) is 4.90 Å². The number of hydrogen-bond donors (Lipinski definition) is 0. The third kappa shape index (κ3) is 6.60. The fourth-order valence-electron chi connectivity index (χ4n) is 3.78. The summed E-state index contributed by atoms with van der Waals surface area (Å²) in [7, 11) is 0.